The molecule has 3 rings (SSSR count). The van der Waals surface area contributed by atoms with E-state index in [1.54, 1.807) is 48.3 Å². The molecule has 0 saturated heterocycles. The van der Waals surface area contributed by atoms with Gasteiger partial charge in [0.05, 0.1) is 18.0 Å². The number of amides is 1. The van der Waals surface area contributed by atoms with Crippen molar-refractivity contribution in [1.29, 1.82) is 0 Å². The summed E-state index contributed by atoms with van der Waals surface area (Å²) in [5.74, 6) is 1.17. The third-order valence-electron chi connectivity index (χ3n) is 4.61. The molecule has 0 aliphatic rings. The summed E-state index contributed by atoms with van der Waals surface area (Å²) < 4.78 is 38.7. The number of nitrogens with one attached hydrogen (secondary N) is 1. The van der Waals surface area contributed by atoms with Gasteiger partial charge in [0.2, 0.25) is 0 Å². The van der Waals surface area contributed by atoms with Gasteiger partial charge in [-0.25, -0.2) is 8.42 Å². The molecule has 0 heterocycles. The van der Waals surface area contributed by atoms with Crippen LogP contribution < -0.4 is 14.2 Å². The van der Waals surface area contributed by atoms with Crippen LogP contribution in [0.25, 0.3) is 0 Å². The number of hydrogen-bond acceptors (Lipinski definition) is 5. The molecular weight excluding hydrogens is 428 g/mol. The molecule has 0 fully saturated rings. The lowest BCUT2D eigenvalue weighted by Crippen LogP contribution is -2.30. The summed E-state index contributed by atoms with van der Waals surface area (Å²) in [7, 11) is -2.06. The van der Waals surface area contributed by atoms with Gasteiger partial charge in [0, 0.05) is 18.3 Å². The van der Waals surface area contributed by atoms with Crippen molar-refractivity contribution in [3.8, 4) is 11.5 Å². The molecule has 3 aromatic carbocycles. The second-order valence-corrected chi connectivity index (χ2v) is 8.66. The largest absolute Gasteiger partial charge is 0.494 e. The average Bonchev–Trinajstić information content (AvgIpc) is 2.80. The zero-order valence-electron chi connectivity index (χ0n) is 18.0. The molecule has 0 atom stereocenters. The summed E-state index contributed by atoms with van der Waals surface area (Å²) >= 11 is 0. The van der Waals surface area contributed by atoms with Gasteiger partial charge < -0.3 is 14.4 Å². The molecule has 0 unspecified atom stereocenters. The lowest BCUT2D eigenvalue weighted by molar-refractivity contribution is 0.0774. The van der Waals surface area contributed by atoms with E-state index in [0.29, 0.717) is 36.8 Å². The molecule has 8 heteroatoms. The highest BCUT2D eigenvalue weighted by Gasteiger charge is 2.16. The monoisotopic (exact) mass is 454 g/mol. The standard InChI is InChI=1S/C24H26N2O5S/c1-3-30-22-13-15-23(16-14-22)32(28,29)25-20-11-9-19(10-12-20)24(27)26(2)17-18-31-21-7-5-4-6-8-21/h4-16,25H,3,17-18H2,1-2H3. The van der Waals surface area contributed by atoms with Gasteiger partial charge in [-0.15, -0.1) is 0 Å². The summed E-state index contributed by atoms with van der Waals surface area (Å²) in [5, 5.41) is 0. The molecule has 0 bridgehead atoms. The molecule has 0 aromatic heterocycles. The van der Waals surface area contributed by atoms with Crippen LogP contribution in [-0.2, 0) is 10.0 Å². The van der Waals surface area contributed by atoms with Gasteiger partial charge in [-0.2, -0.15) is 0 Å². The number of benzene rings is 3. The van der Waals surface area contributed by atoms with Crippen molar-refractivity contribution in [1.82, 2.24) is 4.90 Å². The Bertz CT molecular complexity index is 1120. The van der Waals surface area contributed by atoms with Crippen LogP contribution in [0, 0.1) is 0 Å². The number of anilines is 1. The zero-order valence-corrected chi connectivity index (χ0v) is 18.8. The van der Waals surface area contributed by atoms with E-state index >= 15 is 0 Å². The SMILES string of the molecule is CCOc1ccc(S(=O)(=O)Nc2ccc(C(=O)N(C)CCOc3ccccc3)cc2)cc1. The maximum absolute atomic E-state index is 12.6. The maximum Gasteiger partial charge on any atom is 0.261 e. The number of rotatable bonds is 10. The van der Waals surface area contributed by atoms with Gasteiger partial charge in [0.25, 0.3) is 15.9 Å². The van der Waals surface area contributed by atoms with Crippen molar-refractivity contribution >= 4 is 21.6 Å². The smallest absolute Gasteiger partial charge is 0.261 e. The van der Waals surface area contributed by atoms with E-state index < -0.39 is 10.0 Å². The molecule has 3 aromatic rings. The Hall–Kier alpha value is -3.52. The van der Waals surface area contributed by atoms with Gasteiger partial charge in [-0.1, -0.05) is 18.2 Å². The van der Waals surface area contributed by atoms with Crippen molar-refractivity contribution in [3.63, 3.8) is 0 Å². The van der Waals surface area contributed by atoms with Crippen molar-refractivity contribution in [2.24, 2.45) is 0 Å². The van der Waals surface area contributed by atoms with E-state index in [0.717, 1.165) is 5.75 Å². The fourth-order valence-corrected chi connectivity index (χ4v) is 3.97. The highest BCUT2D eigenvalue weighted by Crippen LogP contribution is 2.20. The Morgan fingerprint density at radius 2 is 1.50 bits per heavy atom. The highest BCUT2D eigenvalue weighted by molar-refractivity contribution is 7.92. The molecule has 0 radical (unpaired) electrons. The first kappa shape index (κ1) is 23.1. The first-order valence-corrected chi connectivity index (χ1v) is 11.7. The Morgan fingerprint density at radius 3 is 2.12 bits per heavy atom. The Labute approximate surface area is 188 Å². The third kappa shape index (κ3) is 6.24. The molecule has 7 nitrogen and oxygen atoms in total. The quantitative estimate of drug-likeness (QED) is 0.500. The van der Waals surface area contributed by atoms with Crippen LogP contribution in [0.3, 0.4) is 0 Å². The number of likely N-dealkylation sites (N-methyl/N-ethyl adjacent to an activating group) is 1. The summed E-state index contributed by atoms with van der Waals surface area (Å²) in [6, 6.07) is 21.9. The average molecular weight is 455 g/mol. The fraction of sp³-hybridized carbons (Fsp3) is 0.208. The first-order valence-electron chi connectivity index (χ1n) is 10.2. The predicted molar refractivity (Wildman–Crippen MR) is 124 cm³/mol. The summed E-state index contributed by atoms with van der Waals surface area (Å²) in [5.41, 5.74) is 0.821. The second-order valence-electron chi connectivity index (χ2n) is 6.98. The number of hydrogen-bond donors (Lipinski definition) is 1. The lowest BCUT2D eigenvalue weighted by Gasteiger charge is -2.18. The number of carbonyl (C=O) groups excluding carboxylic acids is 1. The van der Waals surface area contributed by atoms with Crippen LogP contribution in [0.4, 0.5) is 5.69 Å². The van der Waals surface area contributed by atoms with Crippen molar-refractivity contribution < 1.29 is 22.7 Å². The molecule has 0 saturated carbocycles. The van der Waals surface area contributed by atoms with E-state index in [-0.39, 0.29) is 10.8 Å². The van der Waals surface area contributed by atoms with E-state index in [2.05, 4.69) is 4.72 Å². The normalized spacial score (nSPS) is 10.9. The summed E-state index contributed by atoms with van der Waals surface area (Å²) in [6.45, 7) is 3.15. The predicted octanol–water partition coefficient (Wildman–Crippen LogP) is 4.04. The van der Waals surface area contributed by atoms with E-state index in [4.69, 9.17) is 9.47 Å². The number of para-hydroxylation sites is 1. The molecule has 0 aliphatic heterocycles. The van der Waals surface area contributed by atoms with Crippen LogP contribution in [-0.4, -0.2) is 46.0 Å². The van der Waals surface area contributed by atoms with E-state index in [9.17, 15) is 13.2 Å². The van der Waals surface area contributed by atoms with Crippen LogP contribution in [0.2, 0.25) is 0 Å². The van der Waals surface area contributed by atoms with Crippen LogP contribution in [0.5, 0.6) is 11.5 Å². The van der Waals surface area contributed by atoms with Crippen molar-refractivity contribution in [3.05, 3.63) is 84.4 Å². The van der Waals surface area contributed by atoms with Gasteiger partial charge >= 0.3 is 0 Å². The van der Waals surface area contributed by atoms with Crippen LogP contribution >= 0.6 is 0 Å². The van der Waals surface area contributed by atoms with Gasteiger partial charge in [-0.05, 0) is 67.6 Å². The van der Waals surface area contributed by atoms with E-state index in [1.165, 1.54) is 12.1 Å². The number of carbonyl (C=O) groups is 1. The van der Waals surface area contributed by atoms with Gasteiger partial charge in [0.15, 0.2) is 0 Å². The Kier molecular flexibility index (Phi) is 7.72. The van der Waals surface area contributed by atoms with Crippen molar-refractivity contribution in [2.45, 2.75) is 11.8 Å². The number of ether oxygens (including phenoxy) is 2. The van der Waals surface area contributed by atoms with E-state index in [1.807, 2.05) is 37.3 Å². The molecule has 1 amide bonds. The van der Waals surface area contributed by atoms with Crippen molar-refractivity contribution in [2.75, 3.05) is 31.5 Å². The minimum absolute atomic E-state index is 0.124. The summed E-state index contributed by atoms with van der Waals surface area (Å²) in [4.78, 5) is 14.3. The maximum atomic E-state index is 12.6. The topological polar surface area (TPSA) is 84.9 Å². The van der Waals surface area contributed by atoms with Crippen LogP contribution in [0.15, 0.2) is 83.8 Å². The fourth-order valence-electron chi connectivity index (χ4n) is 2.92. The highest BCUT2D eigenvalue weighted by atomic mass is 32.2. The molecule has 32 heavy (non-hydrogen) atoms. The zero-order chi connectivity index (χ0) is 23.0. The lowest BCUT2D eigenvalue weighted by atomic mass is 10.2. The number of sulfonamides is 1. The Morgan fingerprint density at radius 1 is 0.875 bits per heavy atom. The molecule has 0 aliphatic carbocycles. The molecule has 0 spiro atoms. The van der Waals surface area contributed by atoms with Crippen LogP contribution in [0.1, 0.15) is 17.3 Å². The summed E-state index contributed by atoms with van der Waals surface area (Å²) in [6.07, 6.45) is 0. The Balaban J connectivity index is 1.56. The first-order chi connectivity index (χ1) is 15.4. The second kappa shape index (κ2) is 10.7. The molecule has 168 valence electrons. The molecule has 1 N–H and O–H groups in total. The van der Waals surface area contributed by atoms with Gasteiger partial charge in [0.1, 0.15) is 18.1 Å². The van der Waals surface area contributed by atoms with Gasteiger partial charge in [-0.3, -0.25) is 9.52 Å². The number of nitrogens with zero attached hydrogens (tertiary/aromatic N) is 1. The molecular formula is C24H26N2O5S. The minimum Gasteiger partial charge on any atom is -0.494 e. The third-order valence-corrected chi connectivity index (χ3v) is 6.01. The minimum atomic E-state index is -3.75.